The number of hydrogen-bond acceptors (Lipinski definition) is 4. The monoisotopic (exact) mass is 463 g/mol. The van der Waals surface area contributed by atoms with Gasteiger partial charge in [-0.15, -0.1) is 0 Å². The number of nitro groups is 1. The van der Waals surface area contributed by atoms with Gasteiger partial charge < -0.3 is 9.80 Å². The van der Waals surface area contributed by atoms with Crippen LogP contribution in [0.15, 0.2) is 103 Å². The summed E-state index contributed by atoms with van der Waals surface area (Å²) in [6, 6.07) is 32.6. The highest BCUT2D eigenvalue weighted by Gasteiger charge is 2.39. The lowest BCUT2D eigenvalue weighted by molar-refractivity contribution is -0.384. The van der Waals surface area contributed by atoms with Crippen molar-refractivity contribution >= 4 is 17.3 Å². The summed E-state index contributed by atoms with van der Waals surface area (Å²) >= 11 is 0. The van der Waals surface area contributed by atoms with Gasteiger partial charge in [0.05, 0.1) is 16.2 Å². The molecule has 5 rings (SSSR count). The van der Waals surface area contributed by atoms with Crippen molar-refractivity contribution in [2.75, 3.05) is 4.90 Å². The maximum Gasteiger partial charge on any atom is 0.270 e. The summed E-state index contributed by atoms with van der Waals surface area (Å²) in [4.78, 5) is 29.0. The number of anilines is 1. The molecule has 1 amide bonds. The molecule has 0 bridgehead atoms. The topological polar surface area (TPSA) is 66.7 Å². The molecule has 174 valence electrons. The van der Waals surface area contributed by atoms with Gasteiger partial charge in [0.2, 0.25) is 0 Å². The largest absolute Gasteiger partial charge is 0.342 e. The molecule has 4 aromatic rings. The first kappa shape index (κ1) is 22.3. The number of rotatable bonds is 6. The van der Waals surface area contributed by atoms with E-state index in [4.69, 9.17) is 0 Å². The van der Waals surface area contributed by atoms with Gasteiger partial charge in [-0.25, -0.2) is 0 Å². The predicted molar refractivity (Wildman–Crippen MR) is 136 cm³/mol. The van der Waals surface area contributed by atoms with E-state index >= 15 is 0 Å². The summed E-state index contributed by atoms with van der Waals surface area (Å²) in [6.45, 7) is 2.96. The number of hydrogen-bond donors (Lipinski definition) is 0. The predicted octanol–water partition coefficient (Wildman–Crippen LogP) is 6.26. The molecule has 35 heavy (non-hydrogen) atoms. The summed E-state index contributed by atoms with van der Waals surface area (Å²) in [5, 5.41) is 11.5. The van der Waals surface area contributed by atoms with E-state index in [-0.39, 0.29) is 17.8 Å². The molecule has 1 aliphatic heterocycles. The van der Waals surface area contributed by atoms with Gasteiger partial charge in [-0.1, -0.05) is 90.5 Å². The van der Waals surface area contributed by atoms with Crippen LogP contribution in [0.1, 0.15) is 38.8 Å². The fourth-order valence-electron chi connectivity index (χ4n) is 4.71. The smallest absolute Gasteiger partial charge is 0.270 e. The van der Waals surface area contributed by atoms with Gasteiger partial charge in [0.25, 0.3) is 11.6 Å². The molecule has 0 spiro atoms. The number of non-ortho nitro benzene ring substituents is 1. The summed E-state index contributed by atoms with van der Waals surface area (Å²) in [5.74, 6) is -0.219. The number of benzene rings is 4. The fraction of sp³-hybridized carbons (Fsp3) is 0.138. The second kappa shape index (κ2) is 9.43. The minimum atomic E-state index is -0.455. The zero-order valence-corrected chi connectivity index (χ0v) is 19.4. The van der Waals surface area contributed by atoms with Crippen LogP contribution in [0, 0.1) is 17.0 Å². The normalized spacial score (nSPS) is 15.1. The zero-order chi connectivity index (χ0) is 24.4. The van der Waals surface area contributed by atoms with E-state index in [2.05, 4.69) is 23.1 Å². The van der Waals surface area contributed by atoms with E-state index < -0.39 is 4.92 Å². The third-order valence-electron chi connectivity index (χ3n) is 6.31. The average Bonchev–Trinajstić information content (AvgIpc) is 2.87. The minimum Gasteiger partial charge on any atom is -0.342 e. The first-order chi connectivity index (χ1) is 17.0. The Bertz CT molecular complexity index is 1370. The maximum absolute atomic E-state index is 13.9. The van der Waals surface area contributed by atoms with Gasteiger partial charge in [0.1, 0.15) is 6.17 Å². The van der Waals surface area contributed by atoms with E-state index in [0.29, 0.717) is 24.3 Å². The molecule has 0 radical (unpaired) electrons. The summed E-state index contributed by atoms with van der Waals surface area (Å²) < 4.78 is 0. The zero-order valence-electron chi connectivity index (χ0n) is 19.4. The van der Waals surface area contributed by atoms with Crippen molar-refractivity contribution < 1.29 is 9.72 Å². The molecule has 0 saturated carbocycles. The molecule has 0 N–H and O–H groups in total. The third-order valence-corrected chi connectivity index (χ3v) is 6.31. The highest BCUT2D eigenvalue weighted by molar-refractivity contribution is 6.02. The van der Waals surface area contributed by atoms with Crippen molar-refractivity contribution in [1.82, 2.24) is 4.90 Å². The van der Waals surface area contributed by atoms with Crippen molar-refractivity contribution in [2.24, 2.45) is 0 Å². The van der Waals surface area contributed by atoms with Crippen molar-refractivity contribution in [2.45, 2.75) is 26.2 Å². The highest BCUT2D eigenvalue weighted by Crippen LogP contribution is 2.42. The van der Waals surface area contributed by atoms with E-state index in [9.17, 15) is 14.9 Å². The number of fused-ring (bicyclic) bond motifs is 1. The second-order valence-corrected chi connectivity index (χ2v) is 8.78. The van der Waals surface area contributed by atoms with Crippen molar-refractivity contribution in [3.63, 3.8) is 0 Å². The van der Waals surface area contributed by atoms with Crippen LogP contribution >= 0.6 is 0 Å². The van der Waals surface area contributed by atoms with E-state index in [1.165, 1.54) is 12.1 Å². The van der Waals surface area contributed by atoms with Crippen LogP contribution in [-0.2, 0) is 13.1 Å². The van der Waals surface area contributed by atoms with Gasteiger partial charge in [-0.3, -0.25) is 14.9 Å². The maximum atomic E-state index is 13.9. The van der Waals surface area contributed by atoms with E-state index in [1.807, 2.05) is 78.6 Å². The number of carbonyl (C=O) groups excluding carboxylic acids is 1. The van der Waals surface area contributed by atoms with E-state index in [0.717, 1.165) is 22.3 Å². The van der Waals surface area contributed by atoms with Crippen LogP contribution in [0.2, 0.25) is 0 Å². The molecule has 0 saturated heterocycles. The first-order valence-electron chi connectivity index (χ1n) is 11.5. The number of nitrogens with zero attached hydrogens (tertiary/aromatic N) is 3. The lowest BCUT2D eigenvalue weighted by Gasteiger charge is -2.46. The Morgan fingerprint density at radius 2 is 1.40 bits per heavy atom. The van der Waals surface area contributed by atoms with Crippen LogP contribution in [0.4, 0.5) is 11.4 Å². The third kappa shape index (κ3) is 4.51. The van der Waals surface area contributed by atoms with Gasteiger partial charge in [-0.2, -0.15) is 0 Å². The number of nitro benzene ring substituents is 1. The summed E-state index contributed by atoms with van der Waals surface area (Å²) in [5.41, 5.74) is 5.12. The standard InChI is InChI=1S/C29H25N3O3/c1-21-9-8-14-24(17-21)28-30(19-22-10-4-2-5-11-22)27-16-15-25(32(34)35)18-26(27)29(33)31(28)20-23-12-6-3-7-13-23/h2-18,28H,19-20H2,1H3/t28-/m0/s1. The Morgan fingerprint density at radius 3 is 2.00 bits per heavy atom. The molecule has 6 nitrogen and oxygen atoms in total. The molecule has 4 aromatic carbocycles. The number of aryl methyl sites for hydroxylation is 1. The molecule has 0 fully saturated rings. The Morgan fingerprint density at radius 1 is 0.771 bits per heavy atom. The molecule has 0 aromatic heterocycles. The second-order valence-electron chi connectivity index (χ2n) is 8.78. The molecular weight excluding hydrogens is 438 g/mol. The van der Waals surface area contributed by atoms with Gasteiger partial charge in [-0.05, 0) is 29.7 Å². The van der Waals surface area contributed by atoms with Crippen molar-refractivity contribution in [3.05, 3.63) is 141 Å². The number of amides is 1. The van der Waals surface area contributed by atoms with Crippen molar-refractivity contribution in [1.29, 1.82) is 0 Å². The Labute approximate surface area is 204 Å². The summed E-state index contributed by atoms with van der Waals surface area (Å²) in [7, 11) is 0. The van der Waals surface area contributed by atoms with Gasteiger partial charge >= 0.3 is 0 Å². The molecule has 6 heteroatoms. The van der Waals surface area contributed by atoms with Gasteiger partial charge in [0, 0.05) is 25.2 Å². The fourth-order valence-corrected chi connectivity index (χ4v) is 4.71. The lowest BCUT2D eigenvalue weighted by atomic mass is 9.98. The van der Waals surface area contributed by atoms with Crippen LogP contribution in [0.5, 0.6) is 0 Å². The average molecular weight is 464 g/mol. The van der Waals surface area contributed by atoms with E-state index in [1.54, 1.807) is 6.07 Å². The van der Waals surface area contributed by atoms with Gasteiger partial charge in [0.15, 0.2) is 0 Å². The minimum absolute atomic E-state index is 0.0922. The Kier molecular flexibility index (Phi) is 6.02. The molecular formula is C29H25N3O3. The molecule has 0 aliphatic carbocycles. The quantitative estimate of drug-likeness (QED) is 0.250. The van der Waals surface area contributed by atoms with Crippen LogP contribution < -0.4 is 4.90 Å². The first-order valence-corrected chi connectivity index (χ1v) is 11.5. The SMILES string of the molecule is Cc1cccc([C@@H]2N(Cc3ccccc3)C(=O)c3cc([N+](=O)[O-])ccc3N2Cc2ccccc2)c1. The molecule has 1 atom stereocenters. The Hall–Kier alpha value is -4.45. The molecule has 1 aliphatic rings. The van der Waals surface area contributed by atoms with Crippen LogP contribution in [-0.4, -0.2) is 15.7 Å². The highest BCUT2D eigenvalue weighted by atomic mass is 16.6. The molecule has 0 unspecified atom stereocenters. The van der Waals surface area contributed by atoms with Crippen LogP contribution in [0.3, 0.4) is 0 Å². The lowest BCUT2D eigenvalue weighted by Crippen LogP contribution is -2.48. The van der Waals surface area contributed by atoms with Crippen molar-refractivity contribution in [3.8, 4) is 0 Å². The van der Waals surface area contributed by atoms with Crippen LogP contribution in [0.25, 0.3) is 0 Å². The number of carbonyl (C=O) groups is 1. The Balaban J connectivity index is 1.70. The summed E-state index contributed by atoms with van der Waals surface area (Å²) in [6.07, 6.45) is -0.378. The molecule has 1 heterocycles.